The number of carbonyl (C=O) groups excluding carboxylic acids is 1. The van der Waals surface area contributed by atoms with Crippen LogP contribution in [0.2, 0.25) is 0 Å². The standard InChI is InChI=1S/C17H26N2O3/c1-3-22-12-13(2)18-15-7-4-6-14(10-15)17(21)19-9-5-8-16(20)11-19/h4,6-7,10,13,16,18,20H,3,5,8-9,11-12H2,1-2H3. The number of nitrogens with zero attached hydrogens (tertiary/aromatic N) is 1. The summed E-state index contributed by atoms with van der Waals surface area (Å²) in [5.74, 6) is -0.0140. The van der Waals surface area contributed by atoms with E-state index in [1.165, 1.54) is 0 Å². The predicted molar refractivity (Wildman–Crippen MR) is 87.2 cm³/mol. The highest BCUT2D eigenvalue weighted by atomic mass is 16.5. The highest BCUT2D eigenvalue weighted by Gasteiger charge is 2.23. The van der Waals surface area contributed by atoms with Crippen LogP contribution in [0.4, 0.5) is 5.69 Å². The molecular weight excluding hydrogens is 280 g/mol. The summed E-state index contributed by atoms with van der Waals surface area (Å²) >= 11 is 0. The summed E-state index contributed by atoms with van der Waals surface area (Å²) in [5, 5.41) is 13.0. The Morgan fingerprint density at radius 3 is 3.09 bits per heavy atom. The quantitative estimate of drug-likeness (QED) is 0.845. The highest BCUT2D eigenvalue weighted by Crippen LogP contribution is 2.17. The summed E-state index contributed by atoms with van der Waals surface area (Å²) in [6, 6.07) is 7.70. The fourth-order valence-corrected chi connectivity index (χ4v) is 2.68. The van der Waals surface area contributed by atoms with E-state index in [1.807, 2.05) is 38.1 Å². The Labute approximate surface area is 132 Å². The number of nitrogens with one attached hydrogen (secondary N) is 1. The van der Waals surface area contributed by atoms with Crippen molar-refractivity contribution in [3.05, 3.63) is 29.8 Å². The maximum atomic E-state index is 12.5. The van der Waals surface area contributed by atoms with Gasteiger partial charge in [0.2, 0.25) is 0 Å². The molecule has 0 radical (unpaired) electrons. The third-order valence-electron chi connectivity index (χ3n) is 3.78. The smallest absolute Gasteiger partial charge is 0.254 e. The number of benzene rings is 1. The first-order valence-electron chi connectivity index (χ1n) is 8.01. The number of aliphatic hydroxyl groups is 1. The van der Waals surface area contributed by atoms with E-state index in [9.17, 15) is 9.90 Å². The van der Waals surface area contributed by atoms with Gasteiger partial charge in [0, 0.05) is 37.0 Å². The van der Waals surface area contributed by atoms with Gasteiger partial charge in [0.25, 0.3) is 5.91 Å². The second kappa shape index (κ2) is 8.15. The van der Waals surface area contributed by atoms with Crippen LogP contribution < -0.4 is 5.32 Å². The van der Waals surface area contributed by atoms with Gasteiger partial charge in [0.1, 0.15) is 0 Å². The summed E-state index contributed by atoms with van der Waals surface area (Å²) in [4.78, 5) is 14.3. The van der Waals surface area contributed by atoms with E-state index in [0.717, 1.165) is 18.5 Å². The zero-order chi connectivity index (χ0) is 15.9. The molecule has 1 heterocycles. The normalized spacial score (nSPS) is 19.8. The lowest BCUT2D eigenvalue weighted by Crippen LogP contribution is -2.42. The van der Waals surface area contributed by atoms with Crippen LogP contribution in [-0.2, 0) is 4.74 Å². The molecule has 122 valence electrons. The molecule has 2 rings (SSSR count). The average molecular weight is 306 g/mol. The number of aliphatic hydroxyl groups excluding tert-OH is 1. The summed E-state index contributed by atoms with van der Waals surface area (Å²) in [6.07, 6.45) is 1.24. The van der Waals surface area contributed by atoms with Gasteiger partial charge in [-0.2, -0.15) is 0 Å². The van der Waals surface area contributed by atoms with Crippen LogP contribution in [0.15, 0.2) is 24.3 Å². The number of hydrogen-bond acceptors (Lipinski definition) is 4. The topological polar surface area (TPSA) is 61.8 Å². The van der Waals surface area contributed by atoms with Crippen molar-refractivity contribution in [3.63, 3.8) is 0 Å². The first kappa shape index (κ1) is 16.8. The molecule has 22 heavy (non-hydrogen) atoms. The number of β-amino-alcohol motifs (C(OH)–C–C–N with tert-alkyl or cyclic N) is 1. The lowest BCUT2D eigenvalue weighted by molar-refractivity contribution is 0.0474. The lowest BCUT2D eigenvalue weighted by Gasteiger charge is -2.30. The van der Waals surface area contributed by atoms with E-state index in [-0.39, 0.29) is 11.9 Å². The van der Waals surface area contributed by atoms with Gasteiger partial charge in [-0.05, 0) is 44.9 Å². The van der Waals surface area contributed by atoms with Gasteiger partial charge in [-0.25, -0.2) is 0 Å². The second-order valence-electron chi connectivity index (χ2n) is 5.83. The summed E-state index contributed by atoms with van der Waals surface area (Å²) in [5.41, 5.74) is 1.57. The fraction of sp³-hybridized carbons (Fsp3) is 0.588. The van der Waals surface area contributed by atoms with Gasteiger partial charge in [-0.1, -0.05) is 6.07 Å². The highest BCUT2D eigenvalue weighted by molar-refractivity contribution is 5.95. The van der Waals surface area contributed by atoms with Gasteiger partial charge in [-0.15, -0.1) is 0 Å². The number of anilines is 1. The van der Waals surface area contributed by atoms with Crippen molar-refractivity contribution in [2.24, 2.45) is 0 Å². The van der Waals surface area contributed by atoms with Crippen LogP contribution in [-0.4, -0.2) is 54.4 Å². The first-order valence-corrected chi connectivity index (χ1v) is 8.01. The third-order valence-corrected chi connectivity index (χ3v) is 3.78. The van der Waals surface area contributed by atoms with Crippen LogP contribution in [0.25, 0.3) is 0 Å². The van der Waals surface area contributed by atoms with Gasteiger partial charge in [0.15, 0.2) is 0 Å². The molecule has 0 saturated carbocycles. The summed E-state index contributed by atoms with van der Waals surface area (Å²) < 4.78 is 5.39. The SMILES string of the molecule is CCOCC(C)Nc1cccc(C(=O)N2CCCC(O)C2)c1. The molecule has 1 aliphatic heterocycles. The molecule has 0 bridgehead atoms. The molecule has 1 aliphatic rings. The lowest BCUT2D eigenvalue weighted by atomic mass is 10.1. The molecule has 5 heteroatoms. The van der Waals surface area contributed by atoms with Crippen LogP contribution >= 0.6 is 0 Å². The van der Waals surface area contributed by atoms with Gasteiger partial charge in [-0.3, -0.25) is 4.79 Å². The zero-order valence-electron chi connectivity index (χ0n) is 13.4. The van der Waals surface area contributed by atoms with Gasteiger partial charge >= 0.3 is 0 Å². The van der Waals surface area contributed by atoms with E-state index >= 15 is 0 Å². The molecular formula is C17H26N2O3. The van der Waals surface area contributed by atoms with Crippen LogP contribution in [0.5, 0.6) is 0 Å². The van der Waals surface area contributed by atoms with E-state index < -0.39 is 6.10 Å². The average Bonchev–Trinajstić information content (AvgIpc) is 2.52. The van der Waals surface area contributed by atoms with E-state index in [0.29, 0.717) is 31.9 Å². The van der Waals surface area contributed by atoms with Gasteiger partial charge < -0.3 is 20.1 Å². The maximum Gasteiger partial charge on any atom is 0.254 e. The Morgan fingerprint density at radius 1 is 1.55 bits per heavy atom. The van der Waals surface area contributed by atoms with Crippen molar-refractivity contribution >= 4 is 11.6 Å². The van der Waals surface area contributed by atoms with Crippen LogP contribution in [0.3, 0.4) is 0 Å². The Morgan fingerprint density at radius 2 is 2.36 bits per heavy atom. The zero-order valence-corrected chi connectivity index (χ0v) is 13.4. The molecule has 0 spiro atoms. The molecule has 0 aliphatic carbocycles. The number of carbonyl (C=O) groups is 1. The number of rotatable bonds is 6. The number of likely N-dealkylation sites (tertiary alicyclic amines) is 1. The molecule has 1 fully saturated rings. The number of hydrogen-bond donors (Lipinski definition) is 2. The Kier molecular flexibility index (Phi) is 6.21. The van der Waals surface area contributed by atoms with Crippen LogP contribution in [0, 0.1) is 0 Å². The largest absolute Gasteiger partial charge is 0.391 e. The molecule has 2 unspecified atom stereocenters. The fourth-order valence-electron chi connectivity index (χ4n) is 2.68. The minimum atomic E-state index is -0.398. The minimum Gasteiger partial charge on any atom is -0.391 e. The van der Waals surface area contributed by atoms with Gasteiger partial charge in [0.05, 0.1) is 12.7 Å². The Balaban J connectivity index is 1.99. The van der Waals surface area contributed by atoms with E-state index in [2.05, 4.69) is 5.32 Å². The van der Waals surface area contributed by atoms with Crippen molar-refractivity contribution in [3.8, 4) is 0 Å². The molecule has 2 N–H and O–H groups in total. The Bertz CT molecular complexity index is 493. The molecule has 0 aromatic heterocycles. The monoisotopic (exact) mass is 306 g/mol. The van der Waals surface area contributed by atoms with Crippen molar-refractivity contribution in [2.75, 3.05) is 31.6 Å². The van der Waals surface area contributed by atoms with Crippen LogP contribution in [0.1, 0.15) is 37.0 Å². The van der Waals surface area contributed by atoms with E-state index in [1.54, 1.807) is 4.90 Å². The molecule has 1 amide bonds. The number of ether oxygens (including phenoxy) is 1. The first-order chi connectivity index (χ1) is 10.6. The minimum absolute atomic E-state index is 0.0140. The number of amides is 1. The summed E-state index contributed by atoms with van der Waals surface area (Å²) in [6.45, 7) is 6.49. The maximum absolute atomic E-state index is 12.5. The molecule has 5 nitrogen and oxygen atoms in total. The number of piperidine rings is 1. The summed E-state index contributed by atoms with van der Waals surface area (Å²) in [7, 11) is 0. The third kappa shape index (κ3) is 4.71. The van der Waals surface area contributed by atoms with E-state index in [4.69, 9.17) is 4.74 Å². The Hall–Kier alpha value is -1.59. The van der Waals surface area contributed by atoms with Crippen molar-refractivity contribution in [1.29, 1.82) is 0 Å². The predicted octanol–water partition coefficient (Wildman–Crippen LogP) is 2.12. The molecule has 2 atom stereocenters. The van der Waals surface area contributed by atoms with Crippen molar-refractivity contribution in [1.82, 2.24) is 4.90 Å². The van der Waals surface area contributed by atoms with Crippen molar-refractivity contribution < 1.29 is 14.6 Å². The molecule has 1 aromatic carbocycles. The van der Waals surface area contributed by atoms with Crippen molar-refractivity contribution in [2.45, 2.75) is 38.8 Å². The second-order valence-corrected chi connectivity index (χ2v) is 5.83. The molecule has 1 aromatic rings. The molecule has 1 saturated heterocycles.